The summed E-state index contributed by atoms with van der Waals surface area (Å²) in [6, 6.07) is 5.52. The number of aromatic nitrogens is 5. The lowest BCUT2D eigenvalue weighted by Crippen LogP contribution is -1.98. The van der Waals surface area contributed by atoms with Gasteiger partial charge in [-0.25, -0.2) is 4.99 Å². The largest absolute Gasteiger partial charge is 0.253 e. The molecule has 2 aromatic rings. The average Bonchev–Trinajstić information content (AvgIpc) is 2.96. The molecule has 0 saturated heterocycles. The van der Waals surface area contributed by atoms with E-state index >= 15 is 0 Å². The van der Waals surface area contributed by atoms with Crippen LogP contribution in [0.3, 0.4) is 0 Å². The van der Waals surface area contributed by atoms with Crippen LogP contribution < -0.4 is 0 Å². The molecule has 0 radical (unpaired) electrons. The molecule has 2 rings (SSSR count). The zero-order valence-corrected chi connectivity index (χ0v) is 11.9. The van der Waals surface area contributed by atoms with Crippen LogP contribution in [0.4, 0.5) is 0 Å². The van der Waals surface area contributed by atoms with Crippen molar-refractivity contribution in [1.29, 1.82) is 0 Å². The van der Waals surface area contributed by atoms with Crippen molar-refractivity contribution in [3.05, 3.63) is 42.7 Å². The van der Waals surface area contributed by atoms with Crippen LogP contribution >= 0.6 is 11.6 Å². The van der Waals surface area contributed by atoms with Crippen molar-refractivity contribution in [3.8, 4) is 11.5 Å². The quantitative estimate of drug-likeness (QED) is 0.811. The lowest BCUT2D eigenvalue weighted by atomic mass is 10.3. The summed E-state index contributed by atoms with van der Waals surface area (Å²) in [7, 11) is 0. The summed E-state index contributed by atoms with van der Waals surface area (Å²) in [5.74, 6) is 0.460. The summed E-state index contributed by atoms with van der Waals surface area (Å²) in [6.45, 7) is 3.68. The van der Waals surface area contributed by atoms with Crippen LogP contribution in [0.5, 0.6) is 0 Å². The predicted octanol–water partition coefficient (Wildman–Crippen LogP) is 2.77. The number of aliphatic imine (C=N–C) groups is 1. The second-order valence-corrected chi connectivity index (χ2v) is 4.23. The van der Waals surface area contributed by atoms with Crippen LogP contribution in [0, 0.1) is 0 Å². The Labute approximate surface area is 121 Å². The summed E-state index contributed by atoms with van der Waals surface area (Å²) in [5, 5.41) is 12.5. The van der Waals surface area contributed by atoms with E-state index in [0.717, 1.165) is 0 Å². The Balaban J connectivity index is 2.21. The van der Waals surface area contributed by atoms with E-state index in [1.54, 1.807) is 18.5 Å². The van der Waals surface area contributed by atoms with Crippen molar-refractivity contribution in [2.45, 2.75) is 13.8 Å². The number of tetrazole rings is 1. The van der Waals surface area contributed by atoms with Gasteiger partial charge in [-0.05, 0) is 37.3 Å². The molecule has 2 aromatic heterocycles. The standard InChI is InChI=1S/C13H13ClN6/c1-3-6-12(14)16-9-10(2)20-18-13(17-19-20)11-7-4-5-8-15-11/h3-9H,1-2H3/b6-3-,10-9+,16-12+. The normalized spacial score (nSPS) is 13.2. The fraction of sp³-hybridized carbons (Fsp3) is 0.154. The minimum Gasteiger partial charge on any atom is -0.253 e. The molecule has 6 nitrogen and oxygen atoms in total. The minimum absolute atomic E-state index is 0.386. The second-order valence-electron chi connectivity index (χ2n) is 3.84. The monoisotopic (exact) mass is 288 g/mol. The molecule has 7 heteroatoms. The first-order valence-electron chi connectivity index (χ1n) is 5.95. The molecule has 0 aliphatic rings. The Hall–Kier alpha value is -2.34. The van der Waals surface area contributed by atoms with Gasteiger partial charge >= 0.3 is 0 Å². The highest BCUT2D eigenvalue weighted by Crippen LogP contribution is 2.10. The third kappa shape index (κ3) is 3.58. The molecule has 0 atom stereocenters. The first kappa shape index (κ1) is 14.1. The Morgan fingerprint density at radius 2 is 2.25 bits per heavy atom. The fourth-order valence-electron chi connectivity index (χ4n) is 1.35. The van der Waals surface area contributed by atoms with Crippen molar-refractivity contribution in [3.63, 3.8) is 0 Å². The van der Waals surface area contributed by atoms with Crippen LogP contribution in [-0.4, -0.2) is 30.4 Å². The third-order valence-corrected chi connectivity index (χ3v) is 2.53. The zero-order chi connectivity index (χ0) is 14.4. The molecule has 0 aliphatic carbocycles. The summed E-state index contributed by atoms with van der Waals surface area (Å²) in [4.78, 5) is 9.61. The number of allylic oxidation sites excluding steroid dienone is 3. The average molecular weight is 289 g/mol. The van der Waals surface area contributed by atoms with Gasteiger partial charge in [0.05, 0.1) is 11.9 Å². The first-order valence-corrected chi connectivity index (χ1v) is 6.33. The highest BCUT2D eigenvalue weighted by atomic mass is 35.5. The zero-order valence-electron chi connectivity index (χ0n) is 11.1. The summed E-state index contributed by atoms with van der Waals surface area (Å²) in [6.07, 6.45) is 6.76. The summed E-state index contributed by atoms with van der Waals surface area (Å²) >= 11 is 5.86. The smallest absolute Gasteiger partial charge is 0.223 e. The topological polar surface area (TPSA) is 68.8 Å². The Kier molecular flexibility index (Phi) is 4.73. The maximum Gasteiger partial charge on any atom is 0.223 e. The number of halogens is 1. The van der Waals surface area contributed by atoms with Gasteiger partial charge in [-0.2, -0.15) is 0 Å². The van der Waals surface area contributed by atoms with Gasteiger partial charge in [-0.3, -0.25) is 4.98 Å². The molecule has 102 valence electrons. The molecule has 0 fully saturated rings. The van der Waals surface area contributed by atoms with Gasteiger partial charge in [0.15, 0.2) is 0 Å². The van der Waals surface area contributed by atoms with E-state index in [9.17, 15) is 0 Å². The fourth-order valence-corrected chi connectivity index (χ4v) is 1.52. The van der Waals surface area contributed by atoms with Crippen LogP contribution in [0.1, 0.15) is 13.8 Å². The molecule has 0 bridgehead atoms. The molecule has 0 unspecified atom stereocenters. The lowest BCUT2D eigenvalue weighted by molar-refractivity contribution is 0.731. The number of rotatable bonds is 4. The minimum atomic E-state index is 0.386. The molecular weight excluding hydrogens is 276 g/mol. The number of nitrogens with zero attached hydrogens (tertiary/aromatic N) is 6. The summed E-state index contributed by atoms with van der Waals surface area (Å²) < 4.78 is 0. The Bertz CT molecular complexity index is 657. The maximum atomic E-state index is 5.86. The highest BCUT2D eigenvalue weighted by molar-refractivity contribution is 6.68. The number of hydrogen-bond acceptors (Lipinski definition) is 5. The highest BCUT2D eigenvalue weighted by Gasteiger charge is 2.07. The van der Waals surface area contributed by atoms with Crippen molar-refractivity contribution in [2.24, 2.45) is 4.99 Å². The molecule has 2 heterocycles. The predicted molar refractivity (Wildman–Crippen MR) is 79.1 cm³/mol. The van der Waals surface area contributed by atoms with Crippen LogP contribution in [0.15, 0.2) is 47.7 Å². The maximum absolute atomic E-state index is 5.86. The van der Waals surface area contributed by atoms with E-state index in [-0.39, 0.29) is 0 Å². The lowest BCUT2D eigenvalue weighted by Gasteiger charge is -1.95. The van der Waals surface area contributed by atoms with E-state index in [0.29, 0.717) is 22.4 Å². The second kappa shape index (κ2) is 6.72. The SMILES string of the molecule is C\C=C/C(Cl)=N\C=C(/C)n1nnc(-c2ccccn2)n1. The van der Waals surface area contributed by atoms with E-state index in [1.165, 1.54) is 4.80 Å². The van der Waals surface area contributed by atoms with Crippen molar-refractivity contribution in [2.75, 3.05) is 0 Å². The van der Waals surface area contributed by atoms with E-state index in [1.807, 2.05) is 38.1 Å². The number of pyridine rings is 1. The van der Waals surface area contributed by atoms with Crippen molar-refractivity contribution >= 4 is 22.5 Å². The molecule has 20 heavy (non-hydrogen) atoms. The Morgan fingerprint density at radius 1 is 1.40 bits per heavy atom. The van der Waals surface area contributed by atoms with Gasteiger partial charge in [-0.1, -0.05) is 23.7 Å². The van der Waals surface area contributed by atoms with E-state index < -0.39 is 0 Å². The Morgan fingerprint density at radius 3 is 2.95 bits per heavy atom. The third-order valence-electron chi connectivity index (χ3n) is 2.30. The molecule has 0 N–H and O–H groups in total. The van der Waals surface area contributed by atoms with Crippen LogP contribution in [0.2, 0.25) is 0 Å². The van der Waals surface area contributed by atoms with Crippen molar-refractivity contribution < 1.29 is 0 Å². The van der Waals surface area contributed by atoms with Gasteiger partial charge in [0.1, 0.15) is 10.9 Å². The summed E-state index contributed by atoms with van der Waals surface area (Å²) in [5.41, 5.74) is 1.37. The van der Waals surface area contributed by atoms with Gasteiger partial charge < -0.3 is 0 Å². The van der Waals surface area contributed by atoms with Gasteiger partial charge in [0.2, 0.25) is 5.82 Å². The molecule has 0 spiro atoms. The number of hydrogen-bond donors (Lipinski definition) is 0. The van der Waals surface area contributed by atoms with E-state index in [4.69, 9.17) is 11.6 Å². The molecule has 0 saturated carbocycles. The molecular formula is C13H13ClN6. The van der Waals surface area contributed by atoms with Crippen molar-refractivity contribution in [1.82, 2.24) is 25.2 Å². The van der Waals surface area contributed by atoms with E-state index in [2.05, 4.69) is 25.4 Å². The van der Waals surface area contributed by atoms with Crippen LogP contribution in [-0.2, 0) is 0 Å². The van der Waals surface area contributed by atoms with Gasteiger partial charge in [0.25, 0.3) is 0 Å². The van der Waals surface area contributed by atoms with Gasteiger partial charge in [-0.15, -0.1) is 15.0 Å². The van der Waals surface area contributed by atoms with Gasteiger partial charge in [0, 0.05) is 6.20 Å². The molecule has 0 aromatic carbocycles. The molecule has 0 amide bonds. The molecule has 0 aliphatic heterocycles. The van der Waals surface area contributed by atoms with Crippen LogP contribution in [0.25, 0.3) is 17.2 Å². The first-order chi connectivity index (χ1) is 9.70.